The summed E-state index contributed by atoms with van der Waals surface area (Å²) < 4.78 is 10.8. The summed E-state index contributed by atoms with van der Waals surface area (Å²) in [7, 11) is 1.89. The number of benzene rings is 1. The van der Waals surface area contributed by atoms with E-state index in [1.54, 1.807) is 12.1 Å². The van der Waals surface area contributed by atoms with E-state index in [4.69, 9.17) is 15.2 Å². The molecule has 146 valence electrons. The number of likely N-dealkylation sites (N-methyl/N-ethyl adjacent to an activating group) is 1. The molecule has 0 bridgehead atoms. The second-order valence-corrected chi connectivity index (χ2v) is 6.30. The minimum atomic E-state index is -0.679. The quantitative estimate of drug-likeness (QED) is 0.723. The first-order valence-electron chi connectivity index (χ1n) is 8.15. The number of carbonyl (C=O) groups is 2. The van der Waals surface area contributed by atoms with Gasteiger partial charge in [0, 0.05) is 11.6 Å². The van der Waals surface area contributed by atoms with Crippen LogP contribution < -0.4 is 20.5 Å². The number of nitrogens with zero attached hydrogens (tertiary/aromatic N) is 1. The molecule has 0 aromatic heterocycles. The fourth-order valence-electron chi connectivity index (χ4n) is 3.49. The molecule has 1 saturated heterocycles. The van der Waals surface area contributed by atoms with Crippen molar-refractivity contribution in [2.45, 2.75) is 31.8 Å². The average Bonchev–Trinajstić information content (AvgIpc) is 3.02. The lowest BCUT2D eigenvalue weighted by Gasteiger charge is -2.36. The van der Waals surface area contributed by atoms with E-state index in [0.29, 0.717) is 22.6 Å². The Morgan fingerprint density at radius 2 is 1.77 bits per heavy atom. The molecule has 0 spiro atoms. The largest absolute Gasteiger partial charge is 0.454 e. The zero-order valence-corrected chi connectivity index (χ0v) is 16.5. The smallest absolute Gasteiger partial charge is 0.239 e. The highest BCUT2D eigenvalue weighted by Crippen LogP contribution is 2.39. The van der Waals surface area contributed by atoms with Gasteiger partial charge in [-0.15, -0.1) is 24.8 Å². The number of fused-ring (bicyclic) bond motifs is 1. The van der Waals surface area contributed by atoms with Crippen molar-refractivity contribution < 1.29 is 19.1 Å². The van der Waals surface area contributed by atoms with E-state index in [9.17, 15) is 9.59 Å². The first kappa shape index (κ1) is 22.5. The third-order valence-electron chi connectivity index (χ3n) is 4.78. The van der Waals surface area contributed by atoms with Crippen molar-refractivity contribution in [2.75, 3.05) is 26.9 Å². The number of amides is 1. The topological polar surface area (TPSA) is 93.9 Å². The Kier molecular flexibility index (Phi) is 8.15. The van der Waals surface area contributed by atoms with Gasteiger partial charge >= 0.3 is 0 Å². The number of nitrogens with two attached hydrogens (primary N) is 1. The van der Waals surface area contributed by atoms with Gasteiger partial charge in [0.05, 0.1) is 0 Å². The van der Waals surface area contributed by atoms with Gasteiger partial charge in [-0.1, -0.05) is 0 Å². The van der Waals surface area contributed by atoms with Crippen LogP contribution in [0.25, 0.3) is 0 Å². The number of ether oxygens (including phenoxy) is 2. The van der Waals surface area contributed by atoms with E-state index in [2.05, 4.69) is 5.32 Å². The van der Waals surface area contributed by atoms with Crippen molar-refractivity contribution in [1.29, 1.82) is 0 Å². The minimum absolute atomic E-state index is 0. The summed E-state index contributed by atoms with van der Waals surface area (Å²) in [5.41, 5.74) is 6.74. The zero-order chi connectivity index (χ0) is 17.3. The van der Waals surface area contributed by atoms with Crippen molar-refractivity contribution in [2.24, 2.45) is 5.73 Å². The summed E-state index contributed by atoms with van der Waals surface area (Å²) in [6, 6.07) is 2.91. The maximum atomic E-state index is 12.2. The monoisotopic (exact) mass is 405 g/mol. The maximum absolute atomic E-state index is 12.2. The lowest BCUT2D eigenvalue weighted by molar-refractivity contribution is -0.124. The van der Waals surface area contributed by atoms with Gasteiger partial charge in [0.1, 0.15) is 6.04 Å². The van der Waals surface area contributed by atoms with E-state index < -0.39 is 11.9 Å². The predicted molar refractivity (Wildman–Crippen MR) is 103 cm³/mol. The molecular weight excluding hydrogens is 381 g/mol. The Hall–Kier alpha value is -1.54. The van der Waals surface area contributed by atoms with Gasteiger partial charge in [-0.05, 0) is 57.6 Å². The van der Waals surface area contributed by atoms with Crippen LogP contribution in [0, 0.1) is 0 Å². The van der Waals surface area contributed by atoms with Gasteiger partial charge in [-0.3, -0.25) is 14.5 Å². The van der Waals surface area contributed by atoms with Gasteiger partial charge < -0.3 is 20.5 Å². The predicted octanol–water partition coefficient (Wildman–Crippen LogP) is 1.67. The van der Waals surface area contributed by atoms with Gasteiger partial charge in [0.15, 0.2) is 17.3 Å². The summed E-state index contributed by atoms with van der Waals surface area (Å²) in [4.78, 5) is 26.3. The number of hydrogen-bond acceptors (Lipinski definition) is 6. The lowest BCUT2D eigenvalue weighted by Crippen LogP contribution is -2.46. The average molecular weight is 406 g/mol. The van der Waals surface area contributed by atoms with E-state index in [1.165, 1.54) is 6.92 Å². The number of piperidine rings is 1. The molecule has 0 aliphatic carbocycles. The van der Waals surface area contributed by atoms with Crippen LogP contribution in [-0.4, -0.2) is 49.6 Å². The Balaban J connectivity index is 0.00000169. The summed E-state index contributed by atoms with van der Waals surface area (Å²) >= 11 is 0. The molecule has 1 aromatic carbocycles. The number of rotatable bonds is 5. The van der Waals surface area contributed by atoms with Crippen LogP contribution in [0.4, 0.5) is 0 Å². The Bertz CT molecular complexity index is 666. The molecule has 1 fully saturated rings. The second-order valence-electron chi connectivity index (χ2n) is 6.30. The summed E-state index contributed by atoms with van der Waals surface area (Å²) in [5.74, 6) is 0.460. The number of nitrogens with one attached hydrogen (secondary N) is 1. The number of halogens is 2. The first-order valence-corrected chi connectivity index (χ1v) is 8.15. The maximum Gasteiger partial charge on any atom is 0.239 e. The summed E-state index contributed by atoms with van der Waals surface area (Å²) in [6.45, 7) is 3.40. The van der Waals surface area contributed by atoms with Crippen LogP contribution in [0.2, 0.25) is 0 Å². The highest BCUT2D eigenvalue weighted by molar-refractivity contribution is 5.98. The molecule has 1 unspecified atom stereocenters. The fraction of sp³-hybridized carbons (Fsp3) is 0.529. The number of hydrogen-bond donors (Lipinski definition) is 2. The first-order chi connectivity index (χ1) is 11.5. The molecule has 2 aliphatic rings. The molecule has 0 radical (unpaired) electrons. The SMILES string of the molecule is CC(=O)c1cc2c(cc1C(C(N)=O)N(C)C1CCNCC1)OCO2.Cl.Cl. The van der Waals surface area contributed by atoms with Crippen molar-refractivity contribution in [3.63, 3.8) is 0 Å². The van der Waals surface area contributed by atoms with Gasteiger partial charge in [-0.25, -0.2) is 0 Å². The molecule has 3 N–H and O–H groups in total. The molecule has 1 atom stereocenters. The van der Waals surface area contributed by atoms with E-state index in [-0.39, 0.29) is 43.4 Å². The Labute approximate surface area is 165 Å². The van der Waals surface area contributed by atoms with Crippen LogP contribution in [-0.2, 0) is 4.79 Å². The molecule has 9 heteroatoms. The fourth-order valence-corrected chi connectivity index (χ4v) is 3.49. The van der Waals surface area contributed by atoms with Crippen molar-refractivity contribution in [3.8, 4) is 11.5 Å². The molecule has 1 amide bonds. The van der Waals surface area contributed by atoms with E-state index in [1.807, 2.05) is 11.9 Å². The molecule has 2 heterocycles. The van der Waals surface area contributed by atoms with Gasteiger partial charge in [0.25, 0.3) is 0 Å². The van der Waals surface area contributed by atoms with E-state index >= 15 is 0 Å². The van der Waals surface area contributed by atoms with Gasteiger partial charge in [-0.2, -0.15) is 0 Å². The van der Waals surface area contributed by atoms with Crippen molar-refractivity contribution in [1.82, 2.24) is 10.2 Å². The lowest BCUT2D eigenvalue weighted by atomic mass is 9.93. The zero-order valence-electron chi connectivity index (χ0n) is 14.8. The van der Waals surface area contributed by atoms with Crippen LogP contribution in [0.5, 0.6) is 11.5 Å². The van der Waals surface area contributed by atoms with Crippen LogP contribution >= 0.6 is 24.8 Å². The Morgan fingerprint density at radius 1 is 1.19 bits per heavy atom. The number of primary amides is 1. The van der Waals surface area contributed by atoms with Crippen LogP contribution in [0.15, 0.2) is 12.1 Å². The summed E-state index contributed by atoms with van der Waals surface area (Å²) in [6.07, 6.45) is 1.86. The molecule has 3 rings (SSSR count). The molecule has 2 aliphatic heterocycles. The molecular formula is C17H25Cl2N3O4. The third kappa shape index (κ3) is 4.40. The minimum Gasteiger partial charge on any atom is -0.454 e. The number of ketones is 1. The van der Waals surface area contributed by atoms with Crippen LogP contribution in [0.1, 0.15) is 41.7 Å². The molecule has 0 saturated carbocycles. The highest BCUT2D eigenvalue weighted by Gasteiger charge is 2.33. The Morgan fingerprint density at radius 3 is 2.31 bits per heavy atom. The van der Waals surface area contributed by atoms with E-state index in [0.717, 1.165) is 25.9 Å². The van der Waals surface area contributed by atoms with Crippen LogP contribution in [0.3, 0.4) is 0 Å². The number of Topliss-reactive ketones (excluding diaryl/α,β-unsaturated/α-hetero) is 1. The van der Waals surface area contributed by atoms with Crippen molar-refractivity contribution in [3.05, 3.63) is 23.3 Å². The van der Waals surface area contributed by atoms with Crippen molar-refractivity contribution >= 4 is 36.5 Å². The standard InChI is InChI=1S/C17H23N3O4.2ClH/c1-10(21)12-7-14-15(24-9-23-14)8-13(12)16(17(18)22)20(2)11-3-5-19-6-4-11;;/h7-8,11,16,19H,3-6,9H2,1-2H3,(H2,18,22);2*1H. The summed E-state index contributed by atoms with van der Waals surface area (Å²) in [5, 5.41) is 3.31. The van der Waals surface area contributed by atoms with Gasteiger partial charge in [0.2, 0.25) is 12.7 Å². The molecule has 7 nitrogen and oxygen atoms in total. The second kappa shape index (κ2) is 9.41. The molecule has 1 aromatic rings. The molecule has 26 heavy (non-hydrogen) atoms. The normalized spacial score (nSPS) is 17.2. The third-order valence-corrected chi connectivity index (χ3v) is 4.78. The number of carbonyl (C=O) groups excluding carboxylic acids is 2. The highest BCUT2D eigenvalue weighted by atomic mass is 35.5.